The number of rotatable bonds is 2. The minimum Gasteiger partial charge on any atom is -0.507 e. The zero-order valence-corrected chi connectivity index (χ0v) is 13.7. The first-order chi connectivity index (χ1) is 9.89. The van der Waals surface area contributed by atoms with Gasteiger partial charge in [0.15, 0.2) is 5.75 Å². The van der Waals surface area contributed by atoms with E-state index in [1.165, 1.54) is 18.2 Å². The van der Waals surface area contributed by atoms with Crippen molar-refractivity contribution in [2.24, 2.45) is 0 Å². The quantitative estimate of drug-likeness (QED) is 0.663. The summed E-state index contributed by atoms with van der Waals surface area (Å²) in [7, 11) is 0. The van der Waals surface area contributed by atoms with Gasteiger partial charge in [-0.2, -0.15) is 0 Å². The summed E-state index contributed by atoms with van der Waals surface area (Å²) in [4.78, 5) is 23.9. The normalized spacial score (nSPS) is 11.7. The molecule has 0 radical (unpaired) electrons. The van der Waals surface area contributed by atoms with Crippen LogP contribution in [0.25, 0.3) is 0 Å². The van der Waals surface area contributed by atoms with Crippen LogP contribution < -0.4 is 4.74 Å². The highest BCUT2D eigenvalue weighted by atomic mass is 16.7. The summed E-state index contributed by atoms with van der Waals surface area (Å²) in [5, 5.41) is 9.87. The van der Waals surface area contributed by atoms with Crippen LogP contribution in [-0.2, 0) is 9.47 Å². The van der Waals surface area contributed by atoms with Crippen LogP contribution in [0.4, 0.5) is 4.79 Å². The van der Waals surface area contributed by atoms with Crippen molar-refractivity contribution >= 4 is 12.1 Å². The highest BCUT2D eigenvalue weighted by Gasteiger charge is 2.26. The first-order valence-electron chi connectivity index (χ1n) is 6.85. The number of phenolic OH excluding ortho intramolecular Hbond substituents is 1. The number of hydrogen-bond donors (Lipinski definition) is 1. The summed E-state index contributed by atoms with van der Waals surface area (Å²) < 4.78 is 15.2. The monoisotopic (exact) mass is 310 g/mol. The van der Waals surface area contributed by atoms with Gasteiger partial charge in [-0.25, -0.2) is 9.59 Å². The summed E-state index contributed by atoms with van der Waals surface area (Å²) in [6, 6.07) is 4.13. The van der Waals surface area contributed by atoms with Gasteiger partial charge in [-0.1, -0.05) is 6.07 Å². The van der Waals surface area contributed by atoms with Crippen molar-refractivity contribution in [3.8, 4) is 11.5 Å². The zero-order valence-electron chi connectivity index (χ0n) is 13.7. The highest BCUT2D eigenvalue weighted by Crippen LogP contribution is 2.30. The minimum atomic E-state index is -0.970. The van der Waals surface area contributed by atoms with Gasteiger partial charge < -0.3 is 19.3 Å². The number of hydrogen-bond acceptors (Lipinski definition) is 6. The number of aromatic hydroxyl groups is 1. The fourth-order valence-electron chi connectivity index (χ4n) is 1.50. The van der Waals surface area contributed by atoms with Gasteiger partial charge in [0, 0.05) is 0 Å². The van der Waals surface area contributed by atoms with E-state index in [2.05, 4.69) is 0 Å². The first kappa shape index (κ1) is 17.8. The lowest BCUT2D eigenvalue weighted by molar-refractivity contribution is 0.00582. The first-order valence-corrected chi connectivity index (χ1v) is 6.85. The number of carbonyl (C=O) groups excluding carboxylic acids is 2. The maximum Gasteiger partial charge on any atom is 0.514 e. The summed E-state index contributed by atoms with van der Waals surface area (Å²) in [5.74, 6) is -1.25. The molecule has 1 rings (SSSR count). The van der Waals surface area contributed by atoms with Gasteiger partial charge in [-0.05, 0) is 53.7 Å². The molecule has 0 unspecified atom stereocenters. The van der Waals surface area contributed by atoms with Gasteiger partial charge >= 0.3 is 12.1 Å². The predicted octanol–water partition coefficient (Wildman–Crippen LogP) is 3.66. The lowest BCUT2D eigenvalue weighted by atomic mass is 10.1. The Morgan fingerprint density at radius 2 is 1.50 bits per heavy atom. The Labute approximate surface area is 130 Å². The molecule has 0 heterocycles. The molecular formula is C16H22O6. The average molecular weight is 310 g/mol. The van der Waals surface area contributed by atoms with E-state index in [1.54, 1.807) is 41.5 Å². The molecule has 0 aliphatic heterocycles. The van der Waals surface area contributed by atoms with Crippen LogP contribution >= 0.6 is 0 Å². The van der Waals surface area contributed by atoms with Crippen LogP contribution in [0.15, 0.2) is 18.2 Å². The second kappa shape index (κ2) is 6.25. The standard InChI is InChI=1S/C16H22O6/c1-15(2,3)21-13(18)12-10(17)8-7-9-11(12)20-14(19)22-16(4,5)6/h7-9,17H,1-6H3. The van der Waals surface area contributed by atoms with Gasteiger partial charge in [0.1, 0.15) is 22.5 Å². The van der Waals surface area contributed by atoms with Crippen LogP contribution in [0, 0.1) is 0 Å². The van der Waals surface area contributed by atoms with Gasteiger partial charge in [0.2, 0.25) is 0 Å². The second-order valence-corrected chi connectivity index (χ2v) is 6.72. The van der Waals surface area contributed by atoms with Crippen molar-refractivity contribution in [3.05, 3.63) is 23.8 Å². The molecule has 0 amide bonds. The van der Waals surface area contributed by atoms with Gasteiger partial charge in [0.05, 0.1) is 0 Å². The van der Waals surface area contributed by atoms with Crippen LogP contribution in [0.2, 0.25) is 0 Å². The molecule has 6 heteroatoms. The smallest absolute Gasteiger partial charge is 0.507 e. The van der Waals surface area contributed by atoms with Gasteiger partial charge in [-0.15, -0.1) is 0 Å². The molecule has 0 saturated carbocycles. The van der Waals surface area contributed by atoms with E-state index in [0.717, 1.165) is 0 Å². The topological polar surface area (TPSA) is 82.1 Å². The Hall–Kier alpha value is -2.24. The Balaban J connectivity index is 3.04. The largest absolute Gasteiger partial charge is 0.514 e. The van der Waals surface area contributed by atoms with Crippen molar-refractivity contribution in [1.29, 1.82) is 0 Å². The van der Waals surface area contributed by atoms with E-state index in [4.69, 9.17) is 14.2 Å². The summed E-state index contributed by atoms with van der Waals surface area (Å²) >= 11 is 0. The number of ether oxygens (including phenoxy) is 3. The molecule has 0 spiro atoms. The Bertz CT molecular complexity index is 563. The molecule has 1 aromatic rings. The number of carbonyl (C=O) groups is 2. The summed E-state index contributed by atoms with van der Waals surface area (Å²) in [5.41, 5.74) is -1.70. The Morgan fingerprint density at radius 1 is 0.955 bits per heavy atom. The number of benzene rings is 1. The van der Waals surface area contributed by atoms with Crippen LogP contribution in [0.3, 0.4) is 0 Å². The molecule has 1 N–H and O–H groups in total. The Morgan fingerprint density at radius 3 is 2.00 bits per heavy atom. The third-order valence-corrected chi connectivity index (χ3v) is 2.19. The second-order valence-electron chi connectivity index (χ2n) is 6.72. The van der Waals surface area contributed by atoms with E-state index in [0.29, 0.717) is 0 Å². The lowest BCUT2D eigenvalue weighted by Crippen LogP contribution is -2.27. The molecule has 0 fully saturated rings. The van der Waals surface area contributed by atoms with E-state index in [9.17, 15) is 14.7 Å². The maximum absolute atomic E-state index is 12.2. The summed E-state index contributed by atoms with van der Waals surface area (Å²) in [6.45, 7) is 10.1. The fraction of sp³-hybridized carbons (Fsp3) is 0.500. The molecule has 22 heavy (non-hydrogen) atoms. The molecule has 0 aliphatic rings. The average Bonchev–Trinajstić information content (AvgIpc) is 2.22. The number of phenols is 1. The van der Waals surface area contributed by atoms with E-state index in [-0.39, 0.29) is 17.1 Å². The van der Waals surface area contributed by atoms with E-state index >= 15 is 0 Å². The molecule has 6 nitrogen and oxygen atoms in total. The summed E-state index contributed by atoms with van der Waals surface area (Å²) in [6.07, 6.45) is -0.970. The molecule has 0 aliphatic carbocycles. The lowest BCUT2D eigenvalue weighted by Gasteiger charge is -2.21. The predicted molar refractivity (Wildman–Crippen MR) is 80.1 cm³/mol. The van der Waals surface area contributed by atoms with Crippen molar-refractivity contribution in [3.63, 3.8) is 0 Å². The fourth-order valence-corrected chi connectivity index (χ4v) is 1.50. The molecule has 0 saturated heterocycles. The Kier molecular flexibility index (Phi) is 5.06. The third-order valence-electron chi connectivity index (χ3n) is 2.19. The van der Waals surface area contributed by atoms with Crippen molar-refractivity contribution < 1.29 is 28.9 Å². The van der Waals surface area contributed by atoms with Crippen LogP contribution in [0.1, 0.15) is 51.9 Å². The molecule has 0 aromatic heterocycles. The molecule has 1 aromatic carbocycles. The van der Waals surface area contributed by atoms with Crippen LogP contribution in [-0.4, -0.2) is 28.4 Å². The SMILES string of the molecule is CC(C)(C)OC(=O)Oc1cccc(O)c1C(=O)OC(C)(C)C. The maximum atomic E-state index is 12.2. The molecule has 122 valence electrons. The molecule has 0 atom stereocenters. The van der Waals surface area contributed by atoms with Crippen molar-refractivity contribution in [1.82, 2.24) is 0 Å². The minimum absolute atomic E-state index is 0.122. The van der Waals surface area contributed by atoms with Crippen molar-refractivity contribution in [2.75, 3.05) is 0 Å². The third kappa shape index (κ3) is 5.63. The highest BCUT2D eigenvalue weighted by molar-refractivity contribution is 5.96. The van der Waals surface area contributed by atoms with Crippen molar-refractivity contribution in [2.45, 2.75) is 52.7 Å². The van der Waals surface area contributed by atoms with Crippen LogP contribution in [0.5, 0.6) is 11.5 Å². The number of esters is 1. The molecular weight excluding hydrogens is 288 g/mol. The zero-order chi connectivity index (χ0) is 17.1. The van der Waals surface area contributed by atoms with Gasteiger partial charge in [0.25, 0.3) is 0 Å². The van der Waals surface area contributed by atoms with E-state index < -0.39 is 23.3 Å². The van der Waals surface area contributed by atoms with E-state index in [1.807, 2.05) is 0 Å². The molecule has 0 bridgehead atoms. The van der Waals surface area contributed by atoms with Gasteiger partial charge in [-0.3, -0.25) is 0 Å².